The van der Waals surface area contributed by atoms with E-state index in [0.29, 0.717) is 36.1 Å². The second-order valence-electron chi connectivity index (χ2n) is 8.63. The van der Waals surface area contributed by atoms with Crippen LogP contribution in [0.2, 0.25) is 0 Å². The molecular formula is C27H26FN5O2. The average molecular weight is 472 g/mol. The van der Waals surface area contributed by atoms with Gasteiger partial charge in [0.1, 0.15) is 11.6 Å². The molecule has 0 aliphatic carbocycles. The fourth-order valence-corrected chi connectivity index (χ4v) is 4.42. The highest BCUT2D eigenvalue weighted by molar-refractivity contribution is 5.96. The van der Waals surface area contributed by atoms with Gasteiger partial charge in [0, 0.05) is 36.3 Å². The summed E-state index contributed by atoms with van der Waals surface area (Å²) in [5, 5.41) is 4.28. The molecule has 1 aliphatic rings. The molecule has 1 amide bonds. The molecule has 1 unspecified atom stereocenters. The normalized spacial score (nSPS) is 15.7. The van der Waals surface area contributed by atoms with Crippen LogP contribution in [0.4, 0.5) is 4.39 Å². The number of likely N-dealkylation sites (tertiary alicyclic amines) is 1. The lowest BCUT2D eigenvalue weighted by Gasteiger charge is -2.35. The number of aryl methyl sites for hydroxylation is 1. The van der Waals surface area contributed by atoms with E-state index in [4.69, 9.17) is 4.74 Å². The minimum atomic E-state index is -0.332. The fourth-order valence-electron chi connectivity index (χ4n) is 4.42. The molecule has 8 heteroatoms. The molecule has 1 aliphatic heterocycles. The van der Waals surface area contributed by atoms with Crippen LogP contribution < -0.4 is 4.74 Å². The van der Waals surface area contributed by atoms with Crippen molar-refractivity contribution in [3.05, 3.63) is 102 Å². The number of nitrogens with zero attached hydrogens (tertiary/aromatic N) is 5. The van der Waals surface area contributed by atoms with Gasteiger partial charge >= 0.3 is 0 Å². The van der Waals surface area contributed by atoms with Crippen LogP contribution >= 0.6 is 0 Å². The number of aromatic nitrogens is 4. The molecule has 2 aromatic heterocycles. The molecule has 1 fully saturated rings. The van der Waals surface area contributed by atoms with Crippen molar-refractivity contribution in [3.8, 4) is 11.6 Å². The Kier molecular flexibility index (Phi) is 6.52. The fraction of sp³-hybridized carbons (Fsp3) is 0.259. The Hall–Kier alpha value is -4.07. The number of hydrogen-bond acceptors (Lipinski definition) is 5. The Morgan fingerprint density at radius 3 is 2.71 bits per heavy atom. The van der Waals surface area contributed by atoms with E-state index >= 15 is 0 Å². The summed E-state index contributed by atoms with van der Waals surface area (Å²) in [4.78, 5) is 25.0. The summed E-state index contributed by atoms with van der Waals surface area (Å²) in [7, 11) is 0. The van der Waals surface area contributed by atoms with Crippen molar-refractivity contribution in [3.63, 3.8) is 0 Å². The summed E-state index contributed by atoms with van der Waals surface area (Å²) in [6, 6.07) is 16.8. The number of carbonyl (C=O) groups is 1. The van der Waals surface area contributed by atoms with Crippen LogP contribution in [-0.4, -0.2) is 37.1 Å². The van der Waals surface area contributed by atoms with E-state index in [1.807, 2.05) is 53.0 Å². The predicted molar refractivity (Wildman–Crippen MR) is 129 cm³/mol. The summed E-state index contributed by atoms with van der Waals surface area (Å²) in [5.41, 5.74) is 2.31. The first kappa shape index (κ1) is 22.7. The van der Waals surface area contributed by atoms with E-state index in [2.05, 4.69) is 15.1 Å². The predicted octanol–water partition coefficient (Wildman–Crippen LogP) is 5.33. The van der Waals surface area contributed by atoms with Crippen LogP contribution in [0.25, 0.3) is 0 Å². The van der Waals surface area contributed by atoms with Gasteiger partial charge in [-0.3, -0.25) is 9.48 Å². The minimum absolute atomic E-state index is 0.0384. The number of piperidine rings is 1. The Balaban J connectivity index is 1.43. The monoisotopic (exact) mass is 471 g/mol. The largest absolute Gasteiger partial charge is 0.439 e. The van der Waals surface area contributed by atoms with E-state index in [1.54, 1.807) is 24.4 Å². The van der Waals surface area contributed by atoms with Gasteiger partial charge in [0.05, 0.1) is 12.6 Å². The SMILES string of the molecule is Cc1cc(Oc2ccc(F)cc2)nc(C2CCCCN2C(=O)c2ccccc2Cn2cccn2)n1. The zero-order chi connectivity index (χ0) is 24.2. The van der Waals surface area contributed by atoms with Crippen molar-refractivity contribution in [2.45, 2.75) is 38.8 Å². The lowest BCUT2D eigenvalue weighted by Crippen LogP contribution is -2.39. The number of carbonyl (C=O) groups excluding carboxylic acids is 1. The highest BCUT2D eigenvalue weighted by Gasteiger charge is 2.32. The van der Waals surface area contributed by atoms with Crippen molar-refractivity contribution >= 4 is 5.91 Å². The van der Waals surface area contributed by atoms with Gasteiger partial charge in [-0.2, -0.15) is 10.1 Å². The topological polar surface area (TPSA) is 73.1 Å². The molecule has 0 spiro atoms. The first-order chi connectivity index (χ1) is 17.1. The molecule has 178 valence electrons. The van der Waals surface area contributed by atoms with Crippen LogP contribution in [0.3, 0.4) is 0 Å². The van der Waals surface area contributed by atoms with Crippen LogP contribution in [0.5, 0.6) is 11.6 Å². The molecular weight excluding hydrogens is 445 g/mol. The smallest absolute Gasteiger partial charge is 0.254 e. The Morgan fingerprint density at radius 1 is 1.09 bits per heavy atom. The summed E-state index contributed by atoms with van der Waals surface area (Å²) in [5.74, 6) is 1.04. The molecule has 5 rings (SSSR count). The summed E-state index contributed by atoms with van der Waals surface area (Å²) in [6.07, 6.45) is 6.29. The van der Waals surface area contributed by atoms with E-state index in [9.17, 15) is 9.18 Å². The summed E-state index contributed by atoms with van der Waals surface area (Å²) >= 11 is 0. The summed E-state index contributed by atoms with van der Waals surface area (Å²) in [6.45, 7) is 3.02. The Bertz CT molecular complexity index is 1310. The molecule has 0 radical (unpaired) electrons. The third-order valence-electron chi connectivity index (χ3n) is 6.09. The highest BCUT2D eigenvalue weighted by Crippen LogP contribution is 2.32. The lowest BCUT2D eigenvalue weighted by atomic mass is 9.98. The van der Waals surface area contributed by atoms with Crippen molar-refractivity contribution in [1.29, 1.82) is 0 Å². The van der Waals surface area contributed by atoms with E-state index in [0.717, 1.165) is 30.5 Å². The first-order valence-corrected chi connectivity index (χ1v) is 11.7. The third kappa shape index (κ3) is 5.21. The second kappa shape index (κ2) is 10.0. The second-order valence-corrected chi connectivity index (χ2v) is 8.63. The van der Waals surface area contributed by atoms with Crippen LogP contribution in [0.1, 0.15) is 52.7 Å². The Labute approximate surface area is 203 Å². The van der Waals surface area contributed by atoms with Gasteiger partial charge < -0.3 is 9.64 Å². The number of hydrogen-bond donors (Lipinski definition) is 0. The van der Waals surface area contributed by atoms with E-state index in [-0.39, 0.29) is 17.8 Å². The number of halogens is 1. The molecule has 1 saturated heterocycles. The van der Waals surface area contributed by atoms with Gasteiger partial charge in [0.2, 0.25) is 5.88 Å². The lowest BCUT2D eigenvalue weighted by molar-refractivity contribution is 0.0597. The van der Waals surface area contributed by atoms with Gasteiger partial charge in [-0.25, -0.2) is 9.37 Å². The van der Waals surface area contributed by atoms with Gasteiger partial charge in [-0.15, -0.1) is 0 Å². The number of amides is 1. The summed E-state index contributed by atoms with van der Waals surface area (Å²) < 4.78 is 20.9. The van der Waals surface area contributed by atoms with E-state index < -0.39 is 0 Å². The van der Waals surface area contributed by atoms with Crippen LogP contribution in [0.15, 0.2) is 73.1 Å². The molecule has 35 heavy (non-hydrogen) atoms. The number of benzene rings is 2. The van der Waals surface area contributed by atoms with Gasteiger partial charge in [-0.05, 0) is 68.1 Å². The molecule has 4 aromatic rings. The molecule has 0 N–H and O–H groups in total. The molecule has 1 atom stereocenters. The van der Waals surface area contributed by atoms with Gasteiger partial charge in [-0.1, -0.05) is 18.2 Å². The van der Waals surface area contributed by atoms with Gasteiger partial charge in [0.25, 0.3) is 5.91 Å². The Morgan fingerprint density at radius 2 is 1.91 bits per heavy atom. The molecule has 3 heterocycles. The van der Waals surface area contributed by atoms with Crippen molar-refractivity contribution in [2.75, 3.05) is 6.54 Å². The van der Waals surface area contributed by atoms with Crippen molar-refractivity contribution < 1.29 is 13.9 Å². The minimum Gasteiger partial charge on any atom is -0.439 e. The van der Waals surface area contributed by atoms with Crippen molar-refractivity contribution in [1.82, 2.24) is 24.6 Å². The average Bonchev–Trinajstić information content (AvgIpc) is 3.38. The maximum absolute atomic E-state index is 13.8. The zero-order valence-corrected chi connectivity index (χ0v) is 19.5. The number of rotatable bonds is 6. The number of ether oxygens (including phenoxy) is 1. The standard InChI is InChI=1S/C27H26FN5O2/c1-19-17-25(35-22-12-10-21(28)11-13-22)31-26(30-19)24-9-4-5-16-33(24)27(34)23-8-3-2-7-20(23)18-32-15-6-14-29-32/h2-3,6-8,10-15,17,24H,4-5,9,16,18H2,1H3. The van der Waals surface area contributed by atoms with Gasteiger partial charge in [0.15, 0.2) is 5.82 Å². The first-order valence-electron chi connectivity index (χ1n) is 11.7. The molecule has 2 aromatic carbocycles. The highest BCUT2D eigenvalue weighted by atomic mass is 19.1. The molecule has 0 saturated carbocycles. The van der Waals surface area contributed by atoms with Crippen LogP contribution in [-0.2, 0) is 6.54 Å². The quantitative estimate of drug-likeness (QED) is 0.380. The molecule has 7 nitrogen and oxygen atoms in total. The van der Waals surface area contributed by atoms with Crippen LogP contribution in [0, 0.1) is 12.7 Å². The van der Waals surface area contributed by atoms with Crippen molar-refractivity contribution in [2.24, 2.45) is 0 Å². The maximum atomic E-state index is 13.8. The van der Waals surface area contributed by atoms with E-state index in [1.165, 1.54) is 12.1 Å². The maximum Gasteiger partial charge on any atom is 0.254 e. The third-order valence-corrected chi connectivity index (χ3v) is 6.09. The molecule has 0 bridgehead atoms. The zero-order valence-electron chi connectivity index (χ0n) is 19.5.